The first kappa shape index (κ1) is 8.49. The molecule has 4 heteroatoms. The van der Waals surface area contributed by atoms with E-state index >= 15 is 0 Å². The predicted molar refractivity (Wildman–Crippen MR) is 44.5 cm³/mol. The van der Waals surface area contributed by atoms with Crippen molar-refractivity contribution in [3.05, 3.63) is 18.0 Å². The van der Waals surface area contributed by atoms with E-state index in [1.165, 1.54) is 11.8 Å². The van der Waals surface area contributed by atoms with Gasteiger partial charge in [-0.3, -0.25) is 0 Å². The van der Waals surface area contributed by atoms with Gasteiger partial charge in [-0.05, 0) is 12.5 Å². The van der Waals surface area contributed by atoms with Crippen LogP contribution in [-0.2, 0) is 4.74 Å². The van der Waals surface area contributed by atoms with Gasteiger partial charge in [0, 0.05) is 19.5 Å². The summed E-state index contributed by atoms with van der Waals surface area (Å²) in [5.74, 6) is 0.600. The quantitative estimate of drug-likeness (QED) is 0.391. The van der Waals surface area contributed by atoms with Crippen molar-refractivity contribution in [2.45, 2.75) is 12.1 Å². The summed E-state index contributed by atoms with van der Waals surface area (Å²) in [4.78, 5) is 8.18. The van der Waals surface area contributed by atoms with E-state index < -0.39 is 0 Å². The molecule has 11 heavy (non-hydrogen) atoms. The van der Waals surface area contributed by atoms with Gasteiger partial charge in [0.25, 0.3) is 0 Å². The fourth-order valence-corrected chi connectivity index (χ4v) is 1.04. The number of ether oxygens (including phenoxy) is 1. The maximum absolute atomic E-state index is 4.86. The zero-order valence-corrected chi connectivity index (χ0v) is 7.39. The third kappa shape index (κ3) is 2.86. The molecule has 0 unspecified atom stereocenters. The Labute approximate surface area is 70.2 Å². The molecule has 1 rings (SSSR count). The largest absolute Gasteiger partial charge is 0.374 e. The molecule has 0 spiro atoms. The van der Waals surface area contributed by atoms with Crippen LogP contribution in [0.3, 0.4) is 0 Å². The second-order valence-electron chi connectivity index (χ2n) is 2.09. The molecule has 0 saturated carbocycles. The lowest BCUT2D eigenvalue weighted by molar-refractivity contribution is 0.258. The highest BCUT2D eigenvalue weighted by atomic mass is 32.2. The van der Waals surface area contributed by atoms with Gasteiger partial charge in [-0.2, -0.15) is 0 Å². The van der Waals surface area contributed by atoms with Crippen LogP contribution in [0.15, 0.2) is 17.6 Å². The lowest BCUT2D eigenvalue weighted by Gasteiger charge is -1.97. The van der Waals surface area contributed by atoms with E-state index in [0.717, 1.165) is 10.7 Å². The number of rotatable bonds is 3. The number of thioether (sulfide) groups is 1. The first-order valence-electron chi connectivity index (χ1n) is 3.23. The van der Waals surface area contributed by atoms with E-state index in [1.807, 2.05) is 6.92 Å². The molecule has 0 aliphatic rings. The van der Waals surface area contributed by atoms with Gasteiger partial charge >= 0.3 is 0 Å². The molecule has 1 aromatic rings. The van der Waals surface area contributed by atoms with Gasteiger partial charge < -0.3 is 4.74 Å². The van der Waals surface area contributed by atoms with Gasteiger partial charge in [-0.15, -0.1) is 0 Å². The molecule has 0 amide bonds. The van der Waals surface area contributed by atoms with Crippen LogP contribution in [0.4, 0.5) is 0 Å². The molecule has 3 nitrogen and oxygen atoms in total. The van der Waals surface area contributed by atoms with Crippen molar-refractivity contribution >= 4 is 11.8 Å². The highest BCUT2D eigenvalue weighted by Gasteiger charge is 1.94. The van der Waals surface area contributed by atoms with Crippen LogP contribution in [0.25, 0.3) is 0 Å². The topological polar surface area (TPSA) is 35.0 Å². The van der Waals surface area contributed by atoms with Crippen molar-refractivity contribution in [3.63, 3.8) is 0 Å². The zero-order valence-electron chi connectivity index (χ0n) is 6.57. The summed E-state index contributed by atoms with van der Waals surface area (Å²) in [6.07, 6.45) is 3.59. The third-order valence-electron chi connectivity index (χ3n) is 1.06. The fraction of sp³-hybridized carbons (Fsp3) is 0.429. The van der Waals surface area contributed by atoms with Crippen LogP contribution >= 0.6 is 11.8 Å². The molecule has 0 aromatic carbocycles. The summed E-state index contributed by atoms with van der Waals surface area (Å²) in [5.41, 5.74) is 1.08. The van der Waals surface area contributed by atoms with Crippen molar-refractivity contribution in [2.24, 2.45) is 0 Å². The second kappa shape index (κ2) is 4.31. The summed E-state index contributed by atoms with van der Waals surface area (Å²) in [5, 5.41) is 0.762. The summed E-state index contributed by atoms with van der Waals surface area (Å²) >= 11 is 1.48. The Hall–Kier alpha value is -0.610. The van der Waals surface area contributed by atoms with Crippen LogP contribution < -0.4 is 0 Å². The van der Waals surface area contributed by atoms with Crippen molar-refractivity contribution in [2.75, 3.05) is 13.0 Å². The smallest absolute Gasteiger partial charge is 0.189 e. The molecule has 0 aliphatic heterocycles. The first-order chi connectivity index (χ1) is 5.33. The second-order valence-corrected chi connectivity index (χ2v) is 2.98. The molecule has 1 aromatic heterocycles. The van der Waals surface area contributed by atoms with E-state index in [4.69, 9.17) is 4.74 Å². The Kier molecular flexibility index (Phi) is 3.32. The molecule has 0 N–H and O–H groups in total. The van der Waals surface area contributed by atoms with Crippen molar-refractivity contribution in [1.29, 1.82) is 0 Å². The number of hydrogen-bond acceptors (Lipinski definition) is 4. The molecule has 0 fully saturated rings. The molecule has 0 aliphatic carbocycles. The molecule has 0 saturated heterocycles. The average molecular weight is 170 g/mol. The Bertz CT molecular complexity index is 212. The van der Waals surface area contributed by atoms with Gasteiger partial charge in [0.1, 0.15) is 0 Å². The van der Waals surface area contributed by atoms with Gasteiger partial charge in [-0.1, -0.05) is 11.8 Å². The normalized spacial score (nSPS) is 10.0. The van der Waals surface area contributed by atoms with Crippen LogP contribution in [0, 0.1) is 6.92 Å². The maximum atomic E-state index is 4.86. The molecule has 0 atom stereocenters. The summed E-state index contributed by atoms with van der Waals surface area (Å²) in [6.45, 7) is 1.96. The number of methoxy groups -OCH3 is 1. The maximum Gasteiger partial charge on any atom is 0.189 e. The lowest BCUT2D eigenvalue weighted by Crippen LogP contribution is -1.88. The average Bonchev–Trinajstić information content (AvgIpc) is 2.04. The monoisotopic (exact) mass is 170 g/mol. The minimum absolute atomic E-state index is 0.600. The van der Waals surface area contributed by atoms with Gasteiger partial charge in [0.2, 0.25) is 0 Å². The van der Waals surface area contributed by atoms with E-state index in [1.54, 1.807) is 19.5 Å². The van der Waals surface area contributed by atoms with Gasteiger partial charge in [0.05, 0.1) is 5.94 Å². The number of aryl methyl sites for hydroxylation is 1. The van der Waals surface area contributed by atoms with Crippen molar-refractivity contribution < 1.29 is 4.74 Å². The molecular formula is C7H10N2OS. The summed E-state index contributed by atoms with van der Waals surface area (Å²) in [6, 6.07) is 0. The van der Waals surface area contributed by atoms with E-state index in [-0.39, 0.29) is 0 Å². The van der Waals surface area contributed by atoms with E-state index in [9.17, 15) is 0 Å². The van der Waals surface area contributed by atoms with Crippen LogP contribution in [0.2, 0.25) is 0 Å². The number of hydrogen-bond donors (Lipinski definition) is 0. The summed E-state index contributed by atoms with van der Waals surface area (Å²) < 4.78 is 4.86. The lowest BCUT2D eigenvalue weighted by atomic mass is 10.4. The fourth-order valence-electron chi connectivity index (χ4n) is 0.567. The van der Waals surface area contributed by atoms with Crippen molar-refractivity contribution in [3.8, 4) is 0 Å². The van der Waals surface area contributed by atoms with Crippen LogP contribution in [0.5, 0.6) is 0 Å². The Morgan fingerprint density at radius 1 is 1.45 bits per heavy atom. The molecule has 1 heterocycles. The standard InChI is InChI=1S/C7H10N2OS/c1-6-3-8-7(9-4-6)11-5-10-2/h3-4H,5H2,1-2H3. The molecular weight excluding hydrogens is 160 g/mol. The minimum atomic E-state index is 0.600. The predicted octanol–water partition coefficient (Wildman–Crippen LogP) is 1.48. The molecule has 60 valence electrons. The minimum Gasteiger partial charge on any atom is -0.374 e. The molecule has 0 bridgehead atoms. The highest BCUT2D eigenvalue weighted by Crippen LogP contribution is 2.10. The first-order valence-corrected chi connectivity index (χ1v) is 4.22. The van der Waals surface area contributed by atoms with E-state index in [2.05, 4.69) is 9.97 Å². The Morgan fingerprint density at radius 2 is 2.09 bits per heavy atom. The van der Waals surface area contributed by atoms with Gasteiger partial charge in [-0.25, -0.2) is 9.97 Å². The summed E-state index contributed by atoms with van der Waals surface area (Å²) in [7, 11) is 1.65. The third-order valence-corrected chi connectivity index (χ3v) is 1.89. The Morgan fingerprint density at radius 3 is 2.64 bits per heavy atom. The van der Waals surface area contributed by atoms with E-state index in [0.29, 0.717) is 5.94 Å². The van der Waals surface area contributed by atoms with Crippen LogP contribution in [-0.4, -0.2) is 23.0 Å². The van der Waals surface area contributed by atoms with Gasteiger partial charge in [0.15, 0.2) is 5.16 Å². The Balaban J connectivity index is 2.52. The highest BCUT2D eigenvalue weighted by molar-refractivity contribution is 7.99. The zero-order chi connectivity index (χ0) is 8.10. The van der Waals surface area contributed by atoms with Crippen LogP contribution in [0.1, 0.15) is 5.56 Å². The SMILES string of the molecule is COCSc1ncc(C)cn1. The van der Waals surface area contributed by atoms with Crippen molar-refractivity contribution in [1.82, 2.24) is 9.97 Å². The number of aromatic nitrogens is 2. The molecule has 0 radical (unpaired) electrons. The number of nitrogens with zero attached hydrogens (tertiary/aromatic N) is 2.